The SMILES string of the molecule is Cc1cc(C2CNCC(C)(C)N2)n(C)n1. The third kappa shape index (κ3) is 2.21. The lowest BCUT2D eigenvalue weighted by Gasteiger charge is -2.37. The van der Waals surface area contributed by atoms with E-state index in [0.717, 1.165) is 18.8 Å². The maximum Gasteiger partial charge on any atom is 0.0623 e. The van der Waals surface area contributed by atoms with Gasteiger partial charge < -0.3 is 10.6 Å². The molecule has 4 heteroatoms. The minimum atomic E-state index is 0.154. The van der Waals surface area contributed by atoms with Gasteiger partial charge in [-0.15, -0.1) is 0 Å². The number of aryl methyl sites for hydroxylation is 2. The number of nitrogens with zero attached hydrogens (tertiary/aromatic N) is 2. The maximum atomic E-state index is 4.38. The van der Waals surface area contributed by atoms with Gasteiger partial charge in [-0.3, -0.25) is 4.68 Å². The Bertz CT molecular complexity index is 353. The van der Waals surface area contributed by atoms with E-state index in [4.69, 9.17) is 0 Å². The van der Waals surface area contributed by atoms with Crippen molar-refractivity contribution < 1.29 is 0 Å². The highest BCUT2D eigenvalue weighted by Crippen LogP contribution is 2.19. The molecule has 1 aliphatic heterocycles. The van der Waals surface area contributed by atoms with E-state index in [1.54, 1.807) is 0 Å². The Morgan fingerprint density at radius 1 is 1.53 bits per heavy atom. The Morgan fingerprint density at radius 2 is 2.27 bits per heavy atom. The predicted octanol–water partition coefficient (Wildman–Crippen LogP) is 0.741. The third-order valence-corrected chi connectivity index (χ3v) is 2.88. The molecule has 84 valence electrons. The monoisotopic (exact) mass is 208 g/mol. The summed E-state index contributed by atoms with van der Waals surface area (Å²) in [6.07, 6.45) is 0. The van der Waals surface area contributed by atoms with Crippen molar-refractivity contribution in [2.24, 2.45) is 7.05 Å². The van der Waals surface area contributed by atoms with Crippen LogP contribution in [0.2, 0.25) is 0 Å². The lowest BCUT2D eigenvalue weighted by atomic mass is 9.99. The molecule has 15 heavy (non-hydrogen) atoms. The zero-order valence-corrected chi connectivity index (χ0v) is 9.96. The normalized spacial score (nSPS) is 25.5. The number of nitrogens with one attached hydrogen (secondary N) is 2. The molecule has 1 aromatic rings. The van der Waals surface area contributed by atoms with E-state index in [-0.39, 0.29) is 5.54 Å². The first kappa shape index (κ1) is 10.6. The second kappa shape index (κ2) is 3.61. The summed E-state index contributed by atoms with van der Waals surface area (Å²) in [6, 6.07) is 2.51. The number of aromatic nitrogens is 2. The summed E-state index contributed by atoms with van der Waals surface area (Å²) >= 11 is 0. The molecule has 2 heterocycles. The summed E-state index contributed by atoms with van der Waals surface area (Å²) < 4.78 is 1.97. The highest BCUT2D eigenvalue weighted by Gasteiger charge is 2.28. The van der Waals surface area contributed by atoms with Crippen molar-refractivity contribution in [1.82, 2.24) is 20.4 Å². The summed E-state index contributed by atoms with van der Waals surface area (Å²) in [7, 11) is 2.01. The van der Waals surface area contributed by atoms with Crippen LogP contribution in [0.3, 0.4) is 0 Å². The Morgan fingerprint density at radius 3 is 2.80 bits per heavy atom. The molecule has 0 saturated carbocycles. The van der Waals surface area contributed by atoms with Crippen LogP contribution in [-0.4, -0.2) is 28.4 Å². The lowest BCUT2D eigenvalue weighted by Crippen LogP contribution is -2.57. The predicted molar refractivity (Wildman–Crippen MR) is 60.8 cm³/mol. The van der Waals surface area contributed by atoms with Gasteiger partial charge in [-0.2, -0.15) is 5.10 Å². The molecule has 1 fully saturated rings. The number of piperazine rings is 1. The molecule has 0 bridgehead atoms. The van der Waals surface area contributed by atoms with Crippen LogP contribution in [-0.2, 0) is 7.05 Å². The van der Waals surface area contributed by atoms with Gasteiger partial charge in [0.25, 0.3) is 0 Å². The molecule has 1 aliphatic rings. The van der Waals surface area contributed by atoms with Crippen molar-refractivity contribution in [2.75, 3.05) is 13.1 Å². The number of hydrogen-bond donors (Lipinski definition) is 2. The fourth-order valence-corrected chi connectivity index (χ4v) is 2.24. The van der Waals surface area contributed by atoms with Crippen molar-refractivity contribution in [1.29, 1.82) is 0 Å². The summed E-state index contributed by atoms with van der Waals surface area (Å²) in [6.45, 7) is 8.46. The van der Waals surface area contributed by atoms with Crippen LogP contribution in [0.15, 0.2) is 6.07 Å². The highest BCUT2D eigenvalue weighted by atomic mass is 15.3. The molecule has 1 aromatic heterocycles. The van der Waals surface area contributed by atoms with Gasteiger partial charge in [0.1, 0.15) is 0 Å². The van der Waals surface area contributed by atoms with E-state index in [2.05, 4.69) is 35.6 Å². The van der Waals surface area contributed by atoms with Crippen LogP contribution in [0.5, 0.6) is 0 Å². The van der Waals surface area contributed by atoms with Gasteiger partial charge in [0.2, 0.25) is 0 Å². The number of rotatable bonds is 1. The maximum absolute atomic E-state index is 4.38. The average Bonchev–Trinajstić information content (AvgIpc) is 2.43. The second-order valence-corrected chi connectivity index (χ2v) is 5.05. The van der Waals surface area contributed by atoms with Gasteiger partial charge in [0.05, 0.1) is 17.4 Å². The van der Waals surface area contributed by atoms with Crippen LogP contribution in [0, 0.1) is 6.92 Å². The van der Waals surface area contributed by atoms with Crippen molar-refractivity contribution in [3.63, 3.8) is 0 Å². The molecule has 0 aliphatic carbocycles. The molecule has 0 radical (unpaired) electrons. The first-order valence-electron chi connectivity index (χ1n) is 5.47. The van der Waals surface area contributed by atoms with Crippen molar-refractivity contribution in [3.05, 3.63) is 17.5 Å². The zero-order chi connectivity index (χ0) is 11.1. The van der Waals surface area contributed by atoms with Crippen molar-refractivity contribution in [3.8, 4) is 0 Å². The quantitative estimate of drug-likeness (QED) is 0.715. The first-order valence-corrected chi connectivity index (χ1v) is 5.47. The fourth-order valence-electron chi connectivity index (χ4n) is 2.24. The summed E-state index contributed by atoms with van der Waals surface area (Å²) in [5.74, 6) is 0. The molecule has 0 spiro atoms. The van der Waals surface area contributed by atoms with Gasteiger partial charge >= 0.3 is 0 Å². The summed E-state index contributed by atoms with van der Waals surface area (Å²) in [5.41, 5.74) is 2.49. The van der Waals surface area contributed by atoms with Crippen molar-refractivity contribution >= 4 is 0 Å². The Labute approximate surface area is 91.1 Å². The van der Waals surface area contributed by atoms with Crippen LogP contribution < -0.4 is 10.6 Å². The molecular formula is C11H20N4. The van der Waals surface area contributed by atoms with E-state index in [1.807, 2.05) is 18.7 Å². The largest absolute Gasteiger partial charge is 0.313 e. The van der Waals surface area contributed by atoms with E-state index in [9.17, 15) is 0 Å². The fraction of sp³-hybridized carbons (Fsp3) is 0.727. The van der Waals surface area contributed by atoms with Crippen molar-refractivity contribution in [2.45, 2.75) is 32.4 Å². The molecule has 1 saturated heterocycles. The van der Waals surface area contributed by atoms with E-state index < -0.39 is 0 Å². The zero-order valence-electron chi connectivity index (χ0n) is 9.96. The Kier molecular flexibility index (Phi) is 2.56. The minimum absolute atomic E-state index is 0.154. The summed E-state index contributed by atoms with van der Waals surface area (Å²) in [4.78, 5) is 0. The van der Waals surface area contributed by atoms with Crippen LogP contribution in [0.1, 0.15) is 31.3 Å². The molecule has 1 unspecified atom stereocenters. The molecular weight excluding hydrogens is 188 g/mol. The standard InChI is InChI=1S/C11H20N4/c1-8-5-10(15(4)14-8)9-6-12-7-11(2,3)13-9/h5,9,12-13H,6-7H2,1-4H3. The van der Waals surface area contributed by atoms with Gasteiger partial charge in [0, 0.05) is 25.7 Å². The van der Waals surface area contributed by atoms with E-state index in [1.165, 1.54) is 5.69 Å². The first-order chi connectivity index (χ1) is 6.98. The minimum Gasteiger partial charge on any atom is -0.313 e. The Balaban J connectivity index is 2.20. The van der Waals surface area contributed by atoms with Gasteiger partial charge in [-0.25, -0.2) is 0 Å². The smallest absolute Gasteiger partial charge is 0.0623 e. The molecule has 0 aromatic carbocycles. The molecule has 0 amide bonds. The third-order valence-electron chi connectivity index (χ3n) is 2.88. The Hall–Kier alpha value is -0.870. The van der Waals surface area contributed by atoms with Gasteiger partial charge in [0.15, 0.2) is 0 Å². The second-order valence-electron chi connectivity index (χ2n) is 5.05. The van der Waals surface area contributed by atoms with Crippen LogP contribution >= 0.6 is 0 Å². The molecule has 4 nitrogen and oxygen atoms in total. The summed E-state index contributed by atoms with van der Waals surface area (Å²) in [5, 5.41) is 11.5. The molecule has 2 rings (SSSR count). The molecule has 2 N–H and O–H groups in total. The molecule has 1 atom stereocenters. The van der Waals surface area contributed by atoms with Crippen LogP contribution in [0.25, 0.3) is 0 Å². The van der Waals surface area contributed by atoms with E-state index in [0.29, 0.717) is 6.04 Å². The van der Waals surface area contributed by atoms with Gasteiger partial charge in [-0.05, 0) is 26.8 Å². The van der Waals surface area contributed by atoms with E-state index >= 15 is 0 Å². The highest BCUT2D eigenvalue weighted by molar-refractivity contribution is 5.15. The van der Waals surface area contributed by atoms with Crippen LogP contribution in [0.4, 0.5) is 0 Å². The topological polar surface area (TPSA) is 41.9 Å². The lowest BCUT2D eigenvalue weighted by molar-refractivity contribution is 0.257. The average molecular weight is 208 g/mol. The number of hydrogen-bond acceptors (Lipinski definition) is 3. The van der Waals surface area contributed by atoms with Gasteiger partial charge in [-0.1, -0.05) is 0 Å².